The zero-order valence-electron chi connectivity index (χ0n) is 16.9. The van der Waals surface area contributed by atoms with Crippen molar-refractivity contribution in [1.29, 1.82) is 0 Å². The number of hydrogen-bond acceptors (Lipinski definition) is 4. The van der Waals surface area contributed by atoms with Gasteiger partial charge in [-0.05, 0) is 37.6 Å². The number of likely N-dealkylation sites (tertiary alicyclic amines) is 1. The number of nitrogens with zero attached hydrogens (tertiary/aromatic N) is 3. The predicted molar refractivity (Wildman–Crippen MR) is 117 cm³/mol. The van der Waals surface area contributed by atoms with Gasteiger partial charge in [0, 0.05) is 41.5 Å². The number of carbonyl (C=O) groups excluding carboxylic acids is 2. The maximum atomic E-state index is 12.8. The van der Waals surface area contributed by atoms with Gasteiger partial charge >= 0.3 is 0 Å². The topological polar surface area (TPSA) is 53.5 Å². The van der Waals surface area contributed by atoms with Crippen LogP contribution in [0.25, 0.3) is 17.2 Å². The van der Waals surface area contributed by atoms with Crippen molar-refractivity contribution in [3.8, 4) is 11.1 Å². The summed E-state index contributed by atoms with van der Waals surface area (Å²) in [5.41, 5.74) is 2.75. The minimum Gasteiger partial charge on any atom is -0.292 e. The number of aromatic nitrogens is 1. The van der Waals surface area contributed by atoms with Crippen LogP contribution >= 0.6 is 11.6 Å². The van der Waals surface area contributed by atoms with Gasteiger partial charge in [-0.15, -0.1) is 0 Å². The maximum absolute atomic E-state index is 12.8. The minimum atomic E-state index is -0.274. The largest absolute Gasteiger partial charge is 0.292 e. The van der Waals surface area contributed by atoms with E-state index in [9.17, 15) is 9.59 Å². The van der Waals surface area contributed by atoms with Gasteiger partial charge < -0.3 is 0 Å². The van der Waals surface area contributed by atoms with Crippen LogP contribution in [-0.2, 0) is 9.59 Å². The van der Waals surface area contributed by atoms with E-state index in [-0.39, 0.29) is 35.7 Å². The Bertz CT molecular complexity index is 1020. The Kier molecular flexibility index (Phi) is 4.95. The second-order valence-corrected chi connectivity index (χ2v) is 8.80. The summed E-state index contributed by atoms with van der Waals surface area (Å²) in [6.45, 7) is 0.940. The van der Waals surface area contributed by atoms with Crippen LogP contribution in [0.4, 0.5) is 0 Å². The molecule has 4 unspecified atom stereocenters. The minimum absolute atomic E-state index is 0.0139. The Morgan fingerprint density at radius 2 is 1.87 bits per heavy atom. The number of piperidine rings is 1. The number of rotatable bonds is 3. The second kappa shape index (κ2) is 7.64. The van der Waals surface area contributed by atoms with Crippen LogP contribution in [0.1, 0.15) is 25.0 Å². The number of carbonyl (C=O) groups is 2. The fraction of sp³-hybridized carbons (Fsp3) is 0.375. The highest BCUT2D eigenvalue weighted by Gasteiger charge is 2.60. The van der Waals surface area contributed by atoms with Gasteiger partial charge in [0.1, 0.15) is 0 Å². The Hall–Kier alpha value is -2.50. The van der Waals surface area contributed by atoms with Gasteiger partial charge in [0.25, 0.3) is 0 Å². The van der Waals surface area contributed by atoms with E-state index in [1.807, 2.05) is 48.7 Å². The van der Waals surface area contributed by atoms with Crippen LogP contribution in [0.2, 0.25) is 5.02 Å². The molecule has 30 heavy (non-hydrogen) atoms. The van der Waals surface area contributed by atoms with Crippen molar-refractivity contribution in [1.82, 2.24) is 14.8 Å². The van der Waals surface area contributed by atoms with Crippen molar-refractivity contribution in [2.45, 2.75) is 31.3 Å². The summed E-state index contributed by atoms with van der Waals surface area (Å²) in [7, 11) is 1.62. The molecule has 3 aliphatic heterocycles. The summed E-state index contributed by atoms with van der Waals surface area (Å²) in [6, 6.07) is 11.8. The fourth-order valence-corrected chi connectivity index (χ4v) is 5.60. The SMILES string of the molecule is CN1C(=O)C2C(C1=O)C1CCCCN1C2C=Cc1ccc(-c2ccccc2Cl)cn1. The van der Waals surface area contributed by atoms with Crippen LogP contribution in [0.5, 0.6) is 0 Å². The fourth-order valence-electron chi connectivity index (χ4n) is 5.35. The summed E-state index contributed by atoms with van der Waals surface area (Å²) in [6.07, 6.45) is 9.10. The highest BCUT2D eigenvalue weighted by Crippen LogP contribution is 2.46. The summed E-state index contributed by atoms with van der Waals surface area (Å²) in [5.74, 6) is -0.534. The molecule has 4 atom stereocenters. The molecule has 4 heterocycles. The third-order valence-corrected chi connectivity index (χ3v) is 7.14. The molecule has 0 bridgehead atoms. The van der Waals surface area contributed by atoms with E-state index >= 15 is 0 Å². The molecule has 0 saturated carbocycles. The first-order valence-electron chi connectivity index (χ1n) is 10.5. The number of halogens is 1. The summed E-state index contributed by atoms with van der Waals surface area (Å²) < 4.78 is 0. The van der Waals surface area contributed by atoms with Crippen LogP contribution in [0.3, 0.4) is 0 Å². The third kappa shape index (κ3) is 3.08. The molecule has 3 saturated heterocycles. The Labute approximate surface area is 181 Å². The molecule has 5 nitrogen and oxygen atoms in total. The molecule has 3 aliphatic rings. The quantitative estimate of drug-likeness (QED) is 0.706. The molecule has 0 N–H and O–H groups in total. The maximum Gasteiger partial charge on any atom is 0.234 e. The Balaban J connectivity index is 1.41. The zero-order valence-corrected chi connectivity index (χ0v) is 17.6. The lowest BCUT2D eigenvalue weighted by molar-refractivity contribution is -0.139. The Morgan fingerprint density at radius 3 is 2.63 bits per heavy atom. The number of amides is 2. The van der Waals surface area contributed by atoms with E-state index in [2.05, 4.69) is 16.0 Å². The van der Waals surface area contributed by atoms with Crippen LogP contribution in [0.15, 0.2) is 48.7 Å². The number of benzene rings is 1. The average molecular weight is 422 g/mol. The molecular formula is C24H24ClN3O2. The summed E-state index contributed by atoms with van der Waals surface area (Å²) in [4.78, 5) is 33.8. The smallest absolute Gasteiger partial charge is 0.234 e. The van der Waals surface area contributed by atoms with Crippen LogP contribution in [-0.4, -0.2) is 52.3 Å². The van der Waals surface area contributed by atoms with Gasteiger partial charge in [0.15, 0.2) is 0 Å². The predicted octanol–water partition coefficient (Wildman–Crippen LogP) is 3.88. The zero-order chi connectivity index (χ0) is 20.8. The van der Waals surface area contributed by atoms with E-state index in [1.165, 1.54) is 4.90 Å². The van der Waals surface area contributed by atoms with Gasteiger partial charge in [-0.25, -0.2) is 0 Å². The lowest BCUT2D eigenvalue weighted by Crippen LogP contribution is -2.45. The molecule has 0 radical (unpaired) electrons. The molecule has 0 spiro atoms. The van der Waals surface area contributed by atoms with Crippen molar-refractivity contribution in [2.24, 2.45) is 11.8 Å². The molecule has 1 aromatic heterocycles. The summed E-state index contributed by atoms with van der Waals surface area (Å²) in [5, 5.41) is 0.698. The molecule has 1 aromatic carbocycles. The van der Waals surface area contributed by atoms with Crippen molar-refractivity contribution in [3.05, 3.63) is 59.4 Å². The molecule has 3 fully saturated rings. The molecule has 2 amide bonds. The highest BCUT2D eigenvalue weighted by atomic mass is 35.5. The van der Waals surface area contributed by atoms with Crippen LogP contribution < -0.4 is 0 Å². The molecule has 5 rings (SSSR count). The standard InChI is InChI=1S/C24H24ClN3O2/c1-27-23(29)21-19-8-4-5-13-28(19)20(22(21)24(27)30)12-11-16-10-9-15(14-26-16)17-6-2-3-7-18(17)25/h2-3,6-7,9-12,14,19-22H,4-5,8,13H2,1H3. The normalized spacial score (nSPS) is 28.9. The molecular weight excluding hydrogens is 398 g/mol. The number of hydrogen-bond donors (Lipinski definition) is 0. The van der Waals surface area contributed by atoms with Crippen molar-refractivity contribution in [3.63, 3.8) is 0 Å². The van der Waals surface area contributed by atoms with Gasteiger partial charge in [0.05, 0.1) is 17.5 Å². The lowest BCUT2D eigenvalue weighted by Gasteiger charge is -2.35. The molecule has 2 aromatic rings. The van der Waals surface area contributed by atoms with Gasteiger partial charge in [-0.1, -0.05) is 48.4 Å². The lowest BCUT2D eigenvalue weighted by atomic mass is 9.87. The first kappa shape index (κ1) is 19.5. The van der Waals surface area contributed by atoms with Crippen molar-refractivity contribution >= 4 is 29.5 Å². The molecule has 154 valence electrons. The van der Waals surface area contributed by atoms with E-state index in [0.717, 1.165) is 42.6 Å². The monoisotopic (exact) mass is 421 g/mol. The van der Waals surface area contributed by atoms with Gasteiger partial charge in [0.2, 0.25) is 11.8 Å². The first-order chi connectivity index (χ1) is 14.6. The van der Waals surface area contributed by atoms with E-state index in [0.29, 0.717) is 5.02 Å². The van der Waals surface area contributed by atoms with E-state index in [4.69, 9.17) is 11.6 Å². The second-order valence-electron chi connectivity index (χ2n) is 8.39. The Morgan fingerprint density at radius 1 is 1.07 bits per heavy atom. The number of imide groups is 1. The molecule has 0 aliphatic carbocycles. The van der Waals surface area contributed by atoms with Gasteiger partial charge in [-0.3, -0.25) is 24.4 Å². The third-order valence-electron chi connectivity index (χ3n) is 6.81. The number of fused-ring (bicyclic) bond motifs is 3. The average Bonchev–Trinajstić information content (AvgIpc) is 3.21. The number of pyridine rings is 1. The van der Waals surface area contributed by atoms with Crippen molar-refractivity contribution in [2.75, 3.05) is 13.6 Å². The van der Waals surface area contributed by atoms with Crippen molar-refractivity contribution < 1.29 is 9.59 Å². The summed E-state index contributed by atoms with van der Waals surface area (Å²) >= 11 is 6.29. The van der Waals surface area contributed by atoms with Crippen LogP contribution in [0, 0.1) is 11.8 Å². The van der Waals surface area contributed by atoms with Gasteiger partial charge in [-0.2, -0.15) is 0 Å². The van der Waals surface area contributed by atoms with E-state index in [1.54, 1.807) is 7.05 Å². The molecule has 6 heteroatoms. The highest BCUT2D eigenvalue weighted by molar-refractivity contribution is 6.33. The van der Waals surface area contributed by atoms with E-state index < -0.39 is 0 Å². The first-order valence-corrected chi connectivity index (χ1v) is 10.9.